The van der Waals surface area contributed by atoms with Crippen LogP contribution in [0.4, 0.5) is 0 Å². The summed E-state index contributed by atoms with van der Waals surface area (Å²) in [6, 6.07) is 0. The number of hydrogen-bond acceptors (Lipinski definition) is 2. The molecule has 78 valence electrons. The topological polar surface area (TPSA) is 46.5 Å². The van der Waals surface area contributed by atoms with E-state index < -0.39 is 5.97 Å². The van der Waals surface area contributed by atoms with Gasteiger partial charge in [0.05, 0.1) is 12.0 Å². The highest BCUT2D eigenvalue weighted by Gasteiger charge is 2.34. The molecule has 0 aromatic rings. The molecule has 0 radical (unpaired) electrons. The highest BCUT2D eigenvalue weighted by atomic mass is 16.5. The van der Waals surface area contributed by atoms with Crippen LogP contribution in [0.3, 0.4) is 0 Å². The van der Waals surface area contributed by atoms with E-state index in [1.165, 1.54) is 0 Å². The van der Waals surface area contributed by atoms with Crippen LogP contribution in [-0.2, 0) is 9.53 Å². The van der Waals surface area contributed by atoms with E-state index in [0.717, 1.165) is 12.8 Å². The Labute approximate surface area is 84.5 Å². The van der Waals surface area contributed by atoms with Crippen LogP contribution in [0.15, 0.2) is 0 Å². The van der Waals surface area contributed by atoms with Crippen LogP contribution in [0.25, 0.3) is 0 Å². The van der Waals surface area contributed by atoms with Crippen LogP contribution in [0, 0.1) is 24.2 Å². The van der Waals surface area contributed by atoms with E-state index >= 15 is 0 Å². The van der Waals surface area contributed by atoms with Crippen LogP contribution < -0.4 is 0 Å². The summed E-state index contributed by atoms with van der Waals surface area (Å²) in [5, 5.41) is 8.96. The standard InChI is InChI=1S/C11H16O3/c1-3-6-14-10-7-8(2)4-5-9(10)11(12)13/h1,8-10H,4-7H2,2H3,(H,12,13). The van der Waals surface area contributed by atoms with Crippen molar-refractivity contribution >= 4 is 5.97 Å². The third kappa shape index (κ3) is 2.74. The van der Waals surface area contributed by atoms with Gasteiger partial charge < -0.3 is 9.84 Å². The van der Waals surface area contributed by atoms with Crippen molar-refractivity contribution in [2.45, 2.75) is 32.3 Å². The van der Waals surface area contributed by atoms with Gasteiger partial charge in [-0.3, -0.25) is 4.79 Å². The molecule has 3 heteroatoms. The molecule has 0 heterocycles. The Bertz CT molecular complexity index is 241. The molecule has 3 atom stereocenters. The third-order valence-electron chi connectivity index (χ3n) is 2.75. The molecule has 1 rings (SSSR count). The van der Waals surface area contributed by atoms with Gasteiger partial charge in [-0.05, 0) is 25.2 Å². The largest absolute Gasteiger partial charge is 0.481 e. The van der Waals surface area contributed by atoms with Gasteiger partial charge in [0, 0.05) is 0 Å². The number of hydrogen-bond donors (Lipinski definition) is 1. The van der Waals surface area contributed by atoms with Crippen LogP contribution in [0.5, 0.6) is 0 Å². The second kappa shape index (κ2) is 5.02. The second-order valence-corrected chi connectivity index (χ2v) is 3.92. The summed E-state index contributed by atoms with van der Waals surface area (Å²) in [5.74, 6) is 1.77. The summed E-state index contributed by atoms with van der Waals surface area (Å²) >= 11 is 0. The molecule has 1 aliphatic rings. The predicted molar refractivity (Wildman–Crippen MR) is 52.7 cm³/mol. The van der Waals surface area contributed by atoms with Gasteiger partial charge in [-0.2, -0.15) is 0 Å². The number of rotatable bonds is 3. The van der Waals surface area contributed by atoms with Gasteiger partial charge in [-0.1, -0.05) is 12.8 Å². The Balaban J connectivity index is 2.55. The highest BCUT2D eigenvalue weighted by Crippen LogP contribution is 2.30. The first-order valence-electron chi connectivity index (χ1n) is 4.93. The molecule has 0 saturated heterocycles. The number of carboxylic acid groups (broad SMARTS) is 1. The third-order valence-corrected chi connectivity index (χ3v) is 2.75. The zero-order chi connectivity index (χ0) is 10.6. The Kier molecular flexibility index (Phi) is 3.97. The number of aliphatic carboxylic acids is 1. The fourth-order valence-corrected chi connectivity index (χ4v) is 1.95. The van der Waals surface area contributed by atoms with Crippen molar-refractivity contribution in [3.63, 3.8) is 0 Å². The fraction of sp³-hybridized carbons (Fsp3) is 0.727. The molecule has 1 aliphatic carbocycles. The van der Waals surface area contributed by atoms with Crippen molar-refractivity contribution in [1.82, 2.24) is 0 Å². The van der Waals surface area contributed by atoms with E-state index in [4.69, 9.17) is 16.3 Å². The molecule has 1 N–H and O–H groups in total. The molecule has 0 aliphatic heterocycles. The van der Waals surface area contributed by atoms with E-state index in [2.05, 4.69) is 12.8 Å². The summed E-state index contributed by atoms with van der Waals surface area (Å²) in [6.45, 7) is 2.32. The molecule has 1 fully saturated rings. The Hall–Kier alpha value is -1.01. The molecular weight excluding hydrogens is 180 g/mol. The minimum Gasteiger partial charge on any atom is -0.481 e. The van der Waals surface area contributed by atoms with Crippen molar-refractivity contribution in [2.24, 2.45) is 11.8 Å². The summed E-state index contributed by atoms with van der Waals surface area (Å²) < 4.78 is 5.36. The number of carbonyl (C=O) groups is 1. The first kappa shape index (κ1) is 11.1. The van der Waals surface area contributed by atoms with Crippen molar-refractivity contribution in [3.8, 4) is 12.3 Å². The quantitative estimate of drug-likeness (QED) is 0.696. The molecule has 0 aromatic heterocycles. The highest BCUT2D eigenvalue weighted by molar-refractivity contribution is 5.70. The molecule has 0 amide bonds. The zero-order valence-corrected chi connectivity index (χ0v) is 8.40. The Morgan fingerprint density at radius 2 is 2.36 bits per heavy atom. The van der Waals surface area contributed by atoms with Gasteiger partial charge in [-0.15, -0.1) is 6.42 Å². The summed E-state index contributed by atoms with van der Waals surface area (Å²) in [4.78, 5) is 10.9. The van der Waals surface area contributed by atoms with Gasteiger partial charge in [0.25, 0.3) is 0 Å². The Morgan fingerprint density at radius 3 is 2.93 bits per heavy atom. The number of terminal acetylenes is 1. The minimum atomic E-state index is -0.765. The van der Waals surface area contributed by atoms with Gasteiger partial charge in [0.15, 0.2) is 0 Å². The normalized spacial score (nSPS) is 32.1. The zero-order valence-electron chi connectivity index (χ0n) is 8.40. The molecule has 14 heavy (non-hydrogen) atoms. The van der Waals surface area contributed by atoms with E-state index in [0.29, 0.717) is 12.3 Å². The van der Waals surface area contributed by atoms with Crippen molar-refractivity contribution in [1.29, 1.82) is 0 Å². The molecule has 0 aromatic carbocycles. The maximum Gasteiger partial charge on any atom is 0.309 e. The monoisotopic (exact) mass is 196 g/mol. The number of carboxylic acids is 1. The second-order valence-electron chi connectivity index (χ2n) is 3.92. The predicted octanol–water partition coefficient (Wildman–Crippen LogP) is 1.53. The molecule has 3 nitrogen and oxygen atoms in total. The molecule has 1 saturated carbocycles. The lowest BCUT2D eigenvalue weighted by atomic mass is 9.80. The molecule has 0 bridgehead atoms. The first-order chi connectivity index (χ1) is 6.65. The SMILES string of the molecule is C#CCOC1CC(C)CCC1C(=O)O. The van der Waals surface area contributed by atoms with Crippen LogP contribution >= 0.6 is 0 Å². The maximum atomic E-state index is 10.9. The fourth-order valence-electron chi connectivity index (χ4n) is 1.95. The summed E-state index contributed by atoms with van der Waals surface area (Å²) in [7, 11) is 0. The van der Waals surface area contributed by atoms with Gasteiger partial charge in [-0.25, -0.2) is 0 Å². The van der Waals surface area contributed by atoms with E-state index in [1.54, 1.807) is 0 Å². The summed E-state index contributed by atoms with van der Waals surface area (Å²) in [5.41, 5.74) is 0. The van der Waals surface area contributed by atoms with Crippen molar-refractivity contribution in [3.05, 3.63) is 0 Å². The van der Waals surface area contributed by atoms with Crippen LogP contribution in [-0.4, -0.2) is 23.8 Å². The van der Waals surface area contributed by atoms with Crippen LogP contribution in [0.1, 0.15) is 26.2 Å². The average Bonchev–Trinajstić information content (AvgIpc) is 2.14. The first-order valence-corrected chi connectivity index (χ1v) is 4.93. The maximum absolute atomic E-state index is 10.9. The molecule has 3 unspecified atom stereocenters. The summed E-state index contributed by atoms with van der Waals surface area (Å²) in [6.07, 6.45) is 7.35. The van der Waals surface area contributed by atoms with E-state index in [-0.39, 0.29) is 18.6 Å². The van der Waals surface area contributed by atoms with Gasteiger partial charge in [0.1, 0.15) is 6.61 Å². The molecular formula is C11H16O3. The van der Waals surface area contributed by atoms with Crippen molar-refractivity contribution in [2.75, 3.05) is 6.61 Å². The van der Waals surface area contributed by atoms with E-state index in [1.807, 2.05) is 0 Å². The lowest BCUT2D eigenvalue weighted by molar-refractivity contribution is -0.150. The van der Waals surface area contributed by atoms with Gasteiger partial charge >= 0.3 is 5.97 Å². The van der Waals surface area contributed by atoms with Crippen LogP contribution in [0.2, 0.25) is 0 Å². The number of ether oxygens (including phenoxy) is 1. The lowest BCUT2D eigenvalue weighted by Crippen LogP contribution is -2.36. The minimum absolute atomic E-state index is 0.202. The molecule has 0 spiro atoms. The average molecular weight is 196 g/mol. The van der Waals surface area contributed by atoms with E-state index in [9.17, 15) is 4.79 Å². The Morgan fingerprint density at radius 1 is 1.64 bits per heavy atom. The van der Waals surface area contributed by atoms with Crippen molar-refractivity contribution < 1.29 is 14.6 Å². The smallest absolute Gasteiger partial charge is 0.309 e. The lowest BCUT2D eigenvalue weighted by Gasteiger charge is -2.31. The van der Waals surface area contributed by atoms with Gasteiger partial charge in [0.2, 0.25) is 0 Å².